The fourth-order valence-corrected chi connectivity index (χ4v) is 2.85. The molecule has 0 saturated heterocycles. The van der Waals surface area contributed by atoms with Gasteiger partial charge in [-0.15, -0.1) is 24.0 Å². The van der Waals surface area contributed by atoms with E-state index in [1.807, 2.05) is 7.05 Å². The fraction of sp³-hybridized carbons (Fsp3) is 0.562. The SMILES string of the molecule is CN=C(NCCCC1CC1)N1CCc2ccccc21.I. The lowest BCUT2D eigenvalue weighted by Crippen LogP contribution is -2.40. The van der Waals surface area contributed by atoms with Gasteiger partial charge in [0.2, 0.25) is 0 Å². The van der Waals surface area contributed by atoms with E-state index in [0.29, 0.717) is 0 Å². The van der Waals surface area contributed by atoms with Crippen molar-refractivity contribution in [3.8, 4) is 0 Å². The summed E-state index contributed by atoms with van der Waals surface area (Å²) in [5.74, 6) is 2.05. The summed E-state index contributed by atoms with van der Waals surface area (Å²) in [6, 6.07) is 8.64. The zero-order valence-electron chi connectivity index (χ0n) is 12.1. The van der Waals surface area contributed by atoms with Crippen molar-refractivity contribution >= 4 is 35.6 Å². The van der Waals surface area contributed by atoms with Gasteiger partial charge in [-0.25, -0.2) is 0 Å². The van der Waals surface area contributed by atoms with E-state index in [-0.39, 0.29) is 24.0 Å². The van der Waals surface area contributed by atoms with Gasteiger partial charge in [-0.2, -0.15) is 0 Å². The lowest BCUT2D eigenvalue weighted by Gasteiger charge is -2.22. The number of guanidine groups is 1. The van der Waals surface area contributed by atoms with Crippen LogP contribution in [0.1, 0.15) is 31.2 Å². The van der Waals surface area contributed by atoms with Gasteiger partial charge >= 0.3 is 0 Å². The van der Waals surface area contributed by atoms with Crippen LogP contribution in [0.15, 0.2) is 29.3 Å². The van der Waals surface area contributed by atoms with Gasteiger partial charge in [0, 0.05) is 25.8 Å². The number of halogens is 1. The highest BCUT2D eigenvalue weighted by atomic mass is 127. The third kappa shape index (κ3) is 3.65. The van der Waals surface area contributed by atoms with E-state index in [1.54, 1.807) is 0 Å². The van der Waals surface area contributed by atoms with E-state index < -0.39 is 0 Å². The number of nitrogens with one attached hydrogen (secondary N) is 1. The first-order chi connectivity index (χ1) is 9.38. The Morgan fingerprint density at radius 1 is 1.35 bits per heavy atom. The third-order valence-electron chi connectivity index (χ3n) is 4.12. The van der Waals surface area contributed by atoms with E-state index in [1.165, 1.54) is 36.9 Å². The van der Waals surface area contributed by atoms with E-state index in [4.69, 9.17) is 0 Å². The molecule has 0 spiro atoms. The number of rotatable bonds is 4. The maximum atomic E-state index is 4.43. The number of fused-ring (bicyclic) bond motifs is 1. The van der Waals surface area contributed by atoms with Crippen LogP contribution >= 0.6 is 24.0 Å². The average Bonchev–Trinajstić information content (AvgIpc) is 3.18. The maximum Gasteiger partial charge on any atom is 0.198 e. The Kier molecular flexibility index (Phi) is 5.69. The molecule has 0 atom stereocenters. The molecule has 4 heteroatoms. The van der Waals surface area contributed by atoms with Gasteiger partial charge < -0.3 is 10.2 Å². The molecule has 0 aromatic heterocycles. The molecule has 1 N–H and O–H groups in total. The molecule has 1 aromatic carbocycles. The summed E-state index contributed by atoms with van der Waals surface area (Å²) < 4.78 is 0. The normalized spacial score (nSPS) is 17.6. The van der Waals surface area contributed by atoms with Gasteiger partial charge in [0.15, 0.2) is 5.96 Å². The Morgan fingerprint density at radius 2 is 2.15 bits per heavy atom. The van der Waals surface area contributed by atoms with Gasteiger partial charge in [-0.05, 0) is 36.8 Å². The Balaban J connectivity index is 0.00000147. The van der Waals surface area contributed by atoms with Gasteiger partial charge in [0.1, 0.15) is 0 Å². The highest BCUT2D eigenvalue weighted by Crippen LogP contribution is 2.33. The number of para-hydroxylation sites is 1. The molecular weight excluding hydrogens is 361 g/mol. The number of nitrogens with zero attached hydrogens (tertiary/aromatic N) is 2. The van der Waals surface area contributed by atoms with Crippen molar-refractivity contribution < 1.29 is 0 Å². The summed E-state index contributed by atoms with van der Waals surface area (Å²) in [5, 5.41) is 3.51. The molecule has 3 nitrogen and oxygen atoms in total. The molecule has 3 rings (SSSR count). The van der Waals surface area contributed by atoms with Crippen LogP contribution in [0, 0.1) is 5.92 Å². The minimum absolute atomic E-state index is 0. The van der Waals surface area contributed by atoms with Gasteiger partial charge in [-0.3, -0.25) is 4.99 Å². The predicted molar refractivity (Wildman–Crippen MR) is 96.2 cm³/mol. The van der Waals surface area contributed by atoms with Crippen LogP contribution in [0.2, 0.25) is 0 Å². The Bertz CT molecular complexity index is 469. The summed E-state index contributed by atoms with van der Waals surface area (Å²) in [5.41, 5.74) is 2.75. The first kappa shape index (κ1) is 15.6. The van der Waals surface area contributed by atoms with Crippen LogP contribution in [0.4, 0.5) is 5.69 Å². The van der Waals surface area contributed by atoms with Crippen molar-refractivity contribution in [1.82, 2.24) is 5.32 Å². The van der Waals surface area contributed by atoms with Crippen LogP contribution in [0.5, 0.6) is 0 Å². The molecule has 110 valence electrons. The number of hydrogen-bond acceptors (Lipinski definition) is 1. The van der Waals surface area contributed by atoms with Crippen molar-refractivity contribution in [3.63, 3.8) is 0 Å². The highest BCUT2D eigenvalue weighted by molar-refractivity contribution is 14.0. The molecule has 1 heterocycles. The summed E-state index contributed by atoms with van der Waals surface area (Å²) in [4.78, 5) is 6.74. The van der Waals surface area contributed by atoms with Crippen molar-refractivity contribution in [2.24, 2.45) is 10.9 Å². The smallest absolute Gasteiger partial charge is 0.198 e. The van der Waals surface area contributed by atoms with Crippen LogP contribution < -0.4 is 10.2 Å². The largest absolute Gasteiger partial charge is 0.356 e. The molecule has 1 aromatic rings. The first-order valence-electron chi connectivity index (χ1n) is 7.44. The Morgan fingerprint density at radius 3 is 2.90 bits per heavy atom. The number of hydrogen-bond donors (Lipinski definition) is 1. The summed E-state index contributed by atoms with van der Waals surface area (Å²) >= 11 is 0. The predicted octanol–water partition coefficient (Wildman–Crippen LogP) is 3.43. The zero-order valence-corrected chi connectivity index (χ0v) is 14.5. The summed E-state index contributed by atoms with van der Waals surface area (Å²) in [7, 11) is 1.88. The van der Waals surface area contributed by atoms with E-state index in [0.717, 1.165) is 31.4 Å². The minimum atomic E-state index is 0. The maximum absolute atomic E-state index is 4.43. The van der Waals surface area contributed by atoms with Crippen LogP contribution in [-0.4, -0.2) is 26.1 Å². The fourth-order valence-electron chi connectivity index (χ4n) is 2.85. The van der Waals surface area contributed by atoms with Crippen molar-refractivity contribution in [2.75, 3.05) is 25.0 Å². The second-order valence-electron chi connectivity index (χ2n) is 5.59. The molecule has 0 bridgehead atoms. The lowest BCUT2D eigenvalue weighted by molar-refractivity contribution is 0.649. The molecule has 20 heavy (non-hydrogen) atoms. The van der Waals surface area contributed by atoms with E-state index in [2.05, 4.69) is 39.5 Å². The molecule has 1 saturated carbocycles. The van der Waals surface area contributed by atoms with Crippen molar-refractivity contribution in [3.05, 3.63) is 29.8 Å². The van der Waals surface area contributed by atoms with Gasteiger partial charge in [0.05, 0.1) is 0 Å². The minimum Gasteiger partial charge on any atom is -0.356 e. The van der Waals surface area contributed by atoms with Gasteiger partial charge in [-0.1, -0.05) is 31.0 Å². The number of anilines is 1. The number of benzene rings is 1. The van der Waals surface area contributed by atoms with Crippen LogP contribution in [-0.2, 0) is 6.42 Å². The molecule has 2 aliphatic rings. The third-order valence-corrected chi connectivity index (χ3v) is 4.12. The Hall–Kier alpha value is -0.780. The highest BCUT2D eigenvalue weighted by Gasteiger charge is 2.23. The molecule has 1 aliphatic carbocycles. The van der Waals surface area contributed by atoms with E-state index >= 15 is 0 Å². The molecule has 0 radical (unpaired) electrons. The molecule has 0 amide bonds. The van der Waals surface area contributed by atoms with Crippen LogP contribution in [0.3, 0.4) is 0 Å². The van der Waals surface area contributed by atoms with Gasteiger partial charge in [0.25, 0.3) is 0 Å². The second-order valence-corrected chi connectivity index (χ2v) is 5.59. The number of aliphatic imine (C=N–C) groups is 1. The molecular formula is C16H24IN3. The summed E-state index contributed by atoms with van der Waals surface area (Å²) in [6.07, 6.45) is 6.67. The quantitative estimate of drug-likeness (QED) is 0.372. The lowest BCUT2D eigenvalue weighted by atomic mass is 10.2. The Labute approximate surface area is 138 Å². The van der Waals surface area contributed by atoms with Crippen molar-refractivity contribution in [2.45, 2.75) is 32.1 Å². The average molecular weight is 385 g/mol. The summed E-state index contributed by atoms with van der Waals surface area (Å²) in [6.45, 7) is 2.09. The second kappa shape index (κ2) is 7.29. The van der Waals surface area contributed by atoms with Crippen molar-refractivity contribution in [1.29, 1.82) is 0 Å². The first-order valence-corrected chi connectivity index (χ1v) is 7.44. The van der Waals surface area contributed by atoms with Crippen LogP contribution in [0.25, 0.3) is 0 Å². The molecule has 1 aliphatic heterocycles. The molecule has 0 unspecified atom stereocenters. The standard InChI is InChI=1S/C16H23N3.HI/c1-17-16(18-11-4-5-13-8-9-13)19-12-10-14-6-2-3-7-15(14)19;/h2-3,6-7,13H,4-5,8-12H2,1H3,(H,17,18);1H. The topological polar surface area (TPSA) is 27.6 Å². The zero-order chi connectivity index (χ0) is 13.1. The monoisotopic (exact) mass is 385 g/mol. The molecule has 1 fully saturated rings. The van der Waals surface area contributed by atoms with E-state index in [9.17, 15) is 0 Å².